The Balaban J connectivity index is 1.83. The molecule has 0 atom stereocenters. The maximum Gasteiger partial charge on any atom is 0.0882 e. The average molecular weight is 183 g/mol. The molecule has 1 aromatic heterocycles. The van der Waals surface area contributed by atoms with E-state index in [1.54, 1.807) is 11.3 Å². The van der Waals surface area contributed by atoms with Crippen molar-refractivity contribution in [3.63, 3.8) is 0 Å². The molecule has 1 fully saturated rings. The number of aliphatic hydroxyl groups is 1. The molecule has 0 unspecified atom stereocenters. The normalized spacial score (nSPS) is 19.1. The van der Waals surface area contributed by atoms with Gasteiger partial charge >= 0.3 is 0 Å². The number of rotatable bonds is 4. The lowest BCUT2D eigenvalue weighted by Crippen LogP contribution is -2.18. The van der Waals surface area contributed by atoms with E-state index in [0.29, 0.717) is 6.61 Å². The topological polar surface area (TPSA) is 32.3 Å². The smallest absolute Gasteiger partial charge is 0.0882 e. The number of hydrogen-bond donors (Lipinski definition) is 2. The fraction of sp³-hybridized carbons (Fsp3) is 0.556. The van der Waals surface area contributed by atoms with Gasteiger partial charge in [0, 0.05) is 12.0 Å². The second-order valence-corrected chi connectivity index (χ2v) is 4.44. The van der Waals surface area contributed by atoms with Crippen molar-refractivity contribution in [2.45, 2.75) is 12.8 Å². The second-order valence-electron chi connectivity index (χ2n) is 3.49. The molecule has 0 spiro atoms. The quantitative estimate of drug-likeness (QED) is 0.747. The van der Waals surface area contributed by atoms with Crippen molar-refractivity contribution < 1.29 is 5.11 Å². The van der Waals surface area contributed by atoms with Gasteiger partial charge in [-0.25, -0.2) is 0 Å². The zero-order valence-corrected chi connectivity index (χ0v) is 7.73. The molecule has 12 heavy (non-hydrogen) atoms. The Kier molecular flexibility index (Phi) is 2.07. The maximum atomic E-state index is 9.05. The van der Waals surface area contributed by atoms with Gasteiger partial charge in [0.2, 0.25) is 0 Å². The molecule has 1 aliphatic rings. The molecule has 2 N–H and O–H groups in total. The number of nitrogens with one attached hydrogen (secondary N) is 1. The Labute approximate surface area is 76.2 Å². The van der Waals surface area contributed by atoms with Gasteiger partial charge in [-0.05, 0) is 30.4 Å². The van der Waals surface area contributed by atoms with Crippen LogP contribution in [0.4, 0.5) is 5.00 Å². The number of thiophene rings is 1. The lowest BCUT2D eigenvalue weighted by Gasteiger charge is -2.11. The van der Waals surface area contributed by atoms with Crippen LogP contribution in [-0.2, 0) is 0 Å². The van der Waals surface area contributed by atoms with Crippen LogP contribution in [-0.4, -0.2) is 18.3 Å². The van der Waals surface area contributed by atoms with E-state index < -0.39 is 0 Å². The predicted molar refractivity (Wildman–Crippen MR) is 51.6 cm³/mol. The molecule has 0 saturated heterocycles. The standard InChI is InChI=1S/C9H13NOS/c11-7-9(3-4-9)6-10-8-2-1-5-12-8/h1-2,5,10-11H,3-4,6-7H2. The van der Waals surface area contributed by atoms with Crippen molar-refractivity contribution in [3.8, 4) is 0 Å². The van der Waals surface area contributed by atoms with Gasteiger partial charge in [-0.15, -0.1) is 11.3 Å². The molecule has 0 aromatic carbocycles. The maximum absolute atomic E-state index is 9.05. The van der Waals surface area contributed by atoms with E-state index in [1.807, 2.05) is 6.07 Å². The molecule has 1 heterocycles. The molecule has 0 amide bonds. The van der Waals surface area contributed by atoms with Gasteiger partial charge in [-0.2, -0.15) is 0 Å². The molecular formula is C9H13NOS. The highest BCUT2D eigenvalue weighted by Crippen LogP contribution is 2.45. The van der Waals surface area contributed by atoms with Crippen LogP contribution in [0.5, 0.6) is 0 Å². The van der Waals surface area contributed by atoms with Crippen LogP contribution in [0.2, 0.25) is 0 Å². The predicted octanol–water partition coefficient (Wildman–Crippen LogP) is 1.93. The van der Waals surface area contributed by atoms with E-state index in [9.17, 15) is 0 Å². The van der Waals surface area contributed by atoms with Crippen LogP contribution < -0.4 is 5.32 Å². The van der Waals surface area contributed by atoms with Crippen LogP contribution >= 0.6 is 11.3 Å². The van der Waals surface area contributed by atoms with Gasteiger partial charge in [-0.1, -0.05) is 0 Å². The van der Waals surface area contributed by atoms with Gasteiger partial charge in [0.25, 0.3) is 0 Å². The van der Waals surface area contributed by atoms with Gasteiger partial charge < -0.3 is 10.4 Å². The molecule has 0 radical (unpaired) electrons. The van der Waals surface area contributed by atoms with Crippen LogP contribution in [0.25, 0.3) is 0 Å². The zero-order chi connectivity index (χ0) is 8.44. The van der Waals surface area contributed by atoms with E-state index in [1.165, 1.54) is 17.8 Å². The monoisotopic (exact) mass is 183 g/mol. The number of aliphatic hydroxyl groups excluding tert-OH is 1. The summed E-state index contributed by atoms with van der Waals surface area (Å²) in [6.07, 6.45) is 2.34. The Morgan fingerprint density at radius 2 is 2.42 bits per heavy atom. The summed E-state index contributed by atoms with van der Waals surface area (Å²) in [7, 11) is 0. The summed E-state index contributed by atoms with van der Waals surface area (Å²) in [4.78, 5) is 0. The van der Waals surface area contributed by atoms with Gasteiger partial charge in [0.05, 0.1) is 11.6 Å². The Bertz CT molecular complexity index is 241. The molecule has 1 saturated carbocycles. The summed E-state index contributed by atoms with van der Waals surface area (Å²) in [5.41, 5.74) is 0.212. The Hall–Kier alpha value is -0.540. The summed E-state index contributed by atoms with van der Waals surface area (Å²) in [6, 6.07) is 4.10. The van der Waals surface area contributed by atoms with E-state index >= 15 is 0 Å². The molecule has 0 bridgehead atoms. The molecular weight excluding hydrogens is 170 g/mol. The van der Waals surface area contributed by atoms with Crippen molar-refractivity contribution in [1.29, 1.82) is 0 Å². The second kappa shape index (κ2) is 3.07. The molecule has 0 aliphatic heterocycles. The van der Waals surface area contributed by atoms with Crippen molar-refractivity contribution in [2.24, 2.45) is 5.41 Å². The van der Waals surface area contributed by atoms with Gasteiger partial charge in [0.15, 0.2) is 0 Å². The first-order chi connectivity index (χ1) is 5.85. The highest BCUT2D eigenvalue weighted by atomic mass is 32.1. The van der Waals surface area contributed by atoms with Crippen molar-refractivity contribution in [3.05, 3.63) is 17.5 Å². The minimum absolute atomic E-state index is 0.212. The first-order valence-corrected chi connectivity index (χ1v) is 5.11. The SMILES string of the molecule is OCC1(CNc2cccs2)CC1. The van der Waals surface area contributed by atoms with Crippen molar-refractivity contribution in [2.75, 3.05) is 18.5 Å². The summed E-state index contributed by atoms with van der Waals surface area (Å²) < 4.78 is 0. The summed E-state index contributed by atoms with van der Waals surface area (Å²) in [5, 5.41) is 15.6. The molecule has 2 rings (SSSR count). The summed E-state index contributed by atoms with van der Waals surface area (Å²) in [6.45, 7) is 1.25. The lowest BCUT2D eigenvalue weighted by molar-refractivity contribution is 0.220. The van der Waals surface area contributed by atoms with E-state index in [-0.39, 0.29) is 5.41 Å². The van der Waals surface area contributed by atoms with Crippen LogP contribution in [0.3, 0.4) is 0 Å². The third-order valence-electron chi connectivity index (χ3n) is 2.45. The van der Waals surface area contributed by atoms with Gasteiger partial charge in [-0.3, -0.25) is 0 Å². The molecule has 1 aliphatic carbocycles. The number of hydrogen-bond acceptors (Lipinski definition) is 3. The zero-order valence-electron chi connectivity index (χ0n) is 6.92. The first-order valence-electron chi connectivity index (χ1n) is 4.23. The van der Waals surface area contributed by atoms with E-state index in [2.05, 4.69) is 16.8 Å². The molecule has 1 aromatic rings. The average Bonchev–Trinajstić information content (AvgIpc) is 2.70. The van der Waals surface area contributed by atoms with E-state index in [4.69, 9.17) is 5.11 Å². The lowest BCUT2D eigenvalue weighted by atomic mass is 10.1. The minimum Gasteiger partial charge on any atom is -0.396 e. The van der Waals surface area contributed by atoms with Crippen molar-refractivity contribution in [1.82, 2.24) is 0 Å². The third-order valence-corrected chi connectivity index (χ3v) is 3.28. The van der Waals surface area contributed by atoms with Crippen LogP contribution in [0.15, 0.2) is 17.5 Å². The Morgan fingerprint density at radius 1 is 1.58 bits per heavy atom. The molecule has 2 nitrogen and oxygen atoms in total. The molecule has 3 heteroatoms. The minimum atomic E-state index is 0.212. The highest BCUT2D eigenvalue weighted by Gasteiger charge is 2.41. The van der Waals surface area contributed by atoms with Crippen LogP contribution in [0, 0.1) is 5.41 Å². The Morgan fingerprint density at radius 3 is 2.92 bits per heavy atom. The fourth-order valence-corrected chi connectivity index (χ4v) is 1.84. The first kappa shape index (κ1) is 8.08. The van der Waals surface area contributed by atoms with E-state index in [0.717, 1.165) is 6.54 Å². The molecule has 66 valence electrons. The number of anilines is 1. The van der Waals surface area contributed by atoms with Crippen molar-refractivity contribution >= 4 is 16.3 Å². The fourth-order valence-electron chi connectivity index (χ4n) is 1.22. The van der Waals surface area contributed by atoms with Gasteiger partial charge in [0.1, 0.15) is 0 Å². The highest BCUT2D eigenvalue weighted by molar-refractivity contribution is 7.14. The third kappa shape index (κ3) is 1.62. The van der Waals surface area contributed by atoms with Crippen LogP contribution in [0.1, 0.15) is 12.8 Å². The largest absolute Gasteiger partial charge is 0.396 e. The summed E-state index contributed by atoms with van der Waals surface area (Å²) in [5.74, 6) is 0. The summed E-state index contributed by atoms with van der Waals surface area (Å²) >= 11 is 1.71.